The number of nitrogens with zero attached hydrogens (tertiary/aromatic N) is 1. The fourth-order valence-electron chi connectivity index (χ4n) is 2.68. The second kappa shape index (κ2) is 5.78. The minimum absolute atomic E-state index is 0.0211. The van der Waals surface area contributed by atoms with Gasteiger partial charge in [-0.2, -0.15) is 0 Å². The van der Waals surface area contributed by atoms with E-state index in [9.17, 15) is 13.6 Å². The van der Waals surface area contributed by atoms with E-state index in [0.717, 1.165) is 31.5 Å². The minimum Gasteiger partial charge on any atom is -0.293 e. The van der Waals surface area contributed by atoms with E-state index in [1.807, 2.05) is 0 Å². The maximum atomic E-state index is 13.5. The Morgan fingerprint density at radius 2 is 2.11 bits per heavy atom. The lowest BCUT2D eigenvalue weighted by molar-refractivity contribution is 0.0812. The van der Waals surface area contributed by atoms with Gasteiger partial charge in [0, 0.05) is 12.1 Å². The third kappa shape index (κ3) is 3.38. The third-order valence-corrected chi connectivity index (χ3v) is 3.85. The van der Waals surface area contributed by atoms with Crippen molar-refractivity contribution < 1.29 is 13.6 Å². The normalized spacial score (nSPS) is 24.4. The molecule has 4 heteroatoms. The molecule has 0 radical (unpaired) electrons. The zero-order valence-electron chi connectivity index (χ0n) is 11.3. The molecule has 0 amide bonds. The second-order valence-corrected chi connectivity index (χ2v) is 5.50. The molecule has 1 saturated heterocycles. The molecule has 1 heterocycles. The van der Waals surface area contributed by atoms with E-state index in [1.165, 1.54) is 6.07 Å². The Morgan fingerprint density at radius 1 is 1.37 bits per heavy atom. The lowest BCUT2D eigenvalue weighted by Gasteiger charge is -2.35. The molecule has 0 spiro atoms. The number of carbonyl (C=O) groups excluding carboxylic acids is 1. The molecule has 2 unspecified atom stereocenters. The molecule has 0 saturated carbocycles. The first-order valence-corrected chi connectivity index (χ1v) is 6.69. The Hall–Kier alpha value is -1.29. The molecule has 0 bridgehead atoms. The summed E-state index contributed by atoms with van der Waals surface area (Å²) >= 11 is 0. The molecule has 1 aromatic carbocycles. The van der Waals surface area contributed by atoms with Crippen molar-refractivity contribution in [2.45, 2.75) is 32.7 Å². The van der Waals surface area contributed by atoms with Crippen LogP contribution in [0, 0.1) is 17.6 Å². The lowest BCUT2D eigenvalue weighted by atomic mass is 9.93. The number of halogens is 2. The maximum Gasteiger partial charge on any atom is 0.179 e. The molecular weight excluding hydrogens is 248 g/mol. The van der Waals surface area contributed by atoms with Crippen molar-refractivity contribution in [1.29, 1.82) is 0 Å². The maximum absolute atomic E-state index is 13.5. The first kappa shape index (κ1) is 14.1. The van der Waals surface area contributed by atoms with E-state index in [4.69, 9.17) is 0 Å². The molecular formula is C15H19F2NO. The number of hydrogen-bond donors (Lipinski definition) is 0. The van der Waals surface area contributed by atoms with E-state index >= 15 is 0 Å². The first-order chi connectivity index (χ1) is 8.97. The van der Waals surface area contributed by atoms with Gasteiger partial charge in [-0.3, -0.25) is 9.69 Å². The van der Waals surface area contributed by atoms with Crippen molar-refractivity contribution in [2.24, 2.45) is 5.92 Å². The summed E-state index contributed by atoms with van der Waals surface area (Å²) in [6.07, 6.45) is 2.11. The van der Waals surface area contributed by atoms with Crippen LogP contribution in [-0.4, -0.2) is 29.8 Å². The molecule has 104 valence electrons. The lowest BCUT2D eigenvalue weighted by Crippen LogP contribution is -2.43. The predicted molar refractivity (Wildman–Crippen MR) is 70.1 cm³/mol. The molecule has 2 nitrogen and oxygen atoms in total. The highest BCUT2D eigenvalue weighted by Gasteiger charge is 2.25. The van der Waals surface area contributed by atoms with Crippen LogP contribution in [0.2, 0.25) is 0 Å². The van der Waals surface area contributed by atoms with Gasteiger partial charge in [0.1, 0.15) is 11.6 Å². The molecule has 1 aliphatic heterocycles. The van der Waals surface area contributed by atoms with Crippen LogP contribution in [0.3, 0.4) is 0 Å². The predicted octanol–water partition coefficient (Wildman–Crippen LogP) is 3.27. The SMILES string of the molecule is CC1CCN(CC(=O)c2ccc(F)cc2F)C(C)C1. The standard InChI is InChI=1S/C15H19F2NO/c1-10-5-6-18(11(2)7-10)9-15(19)13-4-3-12(16)8-14(13)17/h3-4,8,10-11H,5-7,9H2,1-2H3. The number of hydrogen-bond acceptors (Lipinski definition) is 2. The van der Waals surface area contributed by atoms with Gasteiger partial charge in [0.05, 0.1) is 12.1 Å². The molecule has 1 aliphatic rings. The quantitative estimate of drug-likeness (QED) is 0.783. The topological polar surface area (TPSA) is 20.3 Å². The van der Waals surface area contributed by atoms with Gasteiger partial charge in [-0.15, -0.1) is 0 Å². The Bertz CT molecular complexity index is 475. The Morgan fingerprint density at radius 3 is 2.74 bits per heavy atom. The summed E-state index contributed by atoms with van der Waals surface area (Å²) in [6.45, 7) is 5.35. The van der Waals surface area contributed by atoms with E-state index in [1.54, 1.807) is 0 Å². The molecule has 1 aromatic rings. The van der Waals surface area contributed by atoms with Gasteiger partial charge in [0.2, 0.25) is 0 Å². The zero-order valence-corrected chi connectivity index (χ0v) is 11.3. The molecule has 0 N–H and O–H groups in total. The van der Waals surface area contributed by atoms with Gasteiger partial charge in [-0.1, -0.05) is 6.92 Å². The number of Topliss-reactive ketones (excluding diaryl/α,β-unsaturated/α-hetero) is 1. The van der Waals surface area contributed by atoms with Crippen LogP contribution < -0.4 is 0 Å². The monoisotopic (exact) mass is 267 g/mol. The van der Waals surface area contributed by atoms with Crippen molar-refractivity contribution in [3.05, 3.63) is 35.4 Å². The van der Waals surface area contributed by atoms with Crippen LogP contribution in [0.25, 0.3) is 0 Å². The van der Waals surface area contributed by atoms with Gasteiger partial charge in [-0.25, -0.2) is 8.78 Å². The highest BCUT2D eigenvalue weighted by atomic mass is 19.1. The summed E-state index contributed by atoms with van der Waals surface area (Å²) in [7, 11) is 0. The fourth-order valence-corrected chi connectivity index (χ4v) is 2.68. The largest absolute Gasteiger partial charge is 0.293 e. The molecule has 2 rings (SSSR count). The molecule has 19 heavy (non-hydrogen) atoms. The molecule has 0 aromatic heterocycles. The third-order valence-electron chi connectivity index (χ3n) is 3.85. The molecule has 0 aliphatic carbocycles. The van der Waals surface area contributed by atoms with Gasteiger partial charge in [0.25, 0.3) is 0 Å². The van der Waals surface area contributed by atoms with E-state index in [2.05, 4.69) is 18.7 Å². The van der Waals surface area contributed by atoms with Gasteiger partial charge >= 0.3 is 0 Å². The van der Waals surface area contributed by atoms with Gasteiger partial charge < -0.3 is 0 Å². The average Bonchev–Trinajstić information content (AvgIpc) is 2.32. The van der Waals surface area contributed by atoms with Crippen molar-refractivity contribution in [3.8, 4) is 0 Å². The zero-order chi connectivity index (χ0) is 14.0. The fraction of sp³-hybridized carbons (Fsp3) is 0.533. The summed E-state index contributed by atoms with van der Waals surface area (Å²) in [4.78, 5) is 14.1. The summed E-state index contributed by atoms with van der Waals surface area (Å²) in [6, 6.07) is 3.44. The Balaban J connectivity index is 2.04. The highest BCUT2D eigenvalue weighted by molar-refractivity contribution is 5.97. The first-order valence-electron chi connectivity index (χ1n) is 6.69. The van der Waals surface area contributed by atoms with Gasteiger partial charge in [0.15, 0.2) is 5.78 Å². The summed E-state index contributed by atoms with van der Waals surface area (Å²) in [5.41, 5.74) is -0.0211. The summed E-state index contributed by atoms with van der Waals surface area (Å²) in [5, 5.41) is 0. The van der Waals surface area contributed by atoms with Crippen molar-refractivity contribution >= 4 is 5.78 Å². The number of ketones is 1. The van der Waals surface area contributed by atoms with E-state index in [-0.39, 0.29) is 17.9 Å². The van der Waals surface area contributed by atoms with E-state index in [0.29, 0.717) is 12.0 Å². The minimum atomic E-state index is -0.775. The van der Waals surface area contributed by atoms with Crippen LogP contribution in [0.4, 0.5) is 8.78 Å². The molecule has 1 fully saturated rings. The van der Waals surface area contributed by atoms with Crippen molar-refractivity contribution in [3.63, 3.8) is 0 Å². The summed E-state index contributed by atoms with van der Waals surface area (Å²) < 4.78 is 26.3. The number of piperidine rings is 1. The Kier molecular flexibility index (Phi) is 4.30. The number of likely N-dealkylation sites (tertiary alicyclic amines) is 1. The van der Waals surface area contributed by atoms with Gasteiger partial charge in [-0.05, 0) is 44.4 Å². The average molecular weight is 267 g/mol. The number of carbonyl (C=O) groups is 1. The van der Waals surface area contributed by atoms with Crippen molar-refractivity contribution in [1.82, 2.24) is 4.90 Å². The van der Waals surface area contributed by atoms with Crippen LogP contribution in [0.15, 0.2) is 18.2 Å². The van der Waals surface area contributed by atoms with E-state index < -0.39 is 11.6 Å². The van der Waals surface area contributed by atoms with Crippen LogP contribution >= 0.6 is 0 Å². The highest BCUT2D eigenvalue weighted by Crippen LogP contribution is 2.22. The number of rotatable bonds is 3. The Labute approximate surface area is 112 Å². The number of benzene rings is 1. The second-order valence-electron chi connectivity index (χ2n) is 5.50. The van der Waals surface area contributed by atoms with Crippen molar-refractivity contribution in [2.75, 3.05) is 13.1 Å². The molecule has 2 atom stereocenters. The van der Waals surface area contributed by atoms with Crippen LogP contribution in [0.5, 0.6) is 0 Å². The smallest absolute Gasteiger partial charge is 0.179 e. The van der Waals surface area contributed by atoms with Crippen LogP contribution in [0.1, 0.15) is 37.0 Å². The van der Waals surface area contributed by atoms with Crippen LogP contribution in [-0.2, 0) is 0 Å². The summed E-state index contributed by atoms with van der Waals surface area (Å²) in [5.74, 6) is -1.04.